The molecule has 1 heterocycles. The second kappa shape index (κ2) is 9.18. The number of amides is 4. The van der Waals surface area contributed by atoms with Crippen LogP contribution in [0.1, 0.15) is 37.6 Å². The van der Waals surface area contributed by atoms with Crippen molar-refractivity contribution in [3.8, 4) is 0 Å². The van der Waals surface area contributed by atoms with Gasteiger partial charge in [-0.1, -0.05) is 6.92 Å². The van der Waals surface area contributed by atoms with Gasteiger partial charge in [0.15, 0.2) is 6.61 Å². The molecule has 1 aromatic carbocycles. The summed E-state index contributed by atoms with van der Waals surface area (Å²) >= 11 is 0. The minimum Gasteiger partial charge on any atom is -0.462 e. The molecule has 0 aromatic heterocycles. The number of hydrogen-bond donors (Lipinski definition) is 2. The summed E-state index contributed by atoms with van der Waals surface area (Å²) in [6.07, 6.45) is 0.375. The van der Waals surface area contributed by atoms with Gasteiger partial charge in [-0.25, -0.2) is 9.59 Å². The van der Waals surface area contributed by atoms with Crippen molar-refractivity contribution >= 4 is 35.5 Å². The van der Waals surface area contributed by atoms with E-state index in [2.05, 4.69) is 10.6 Å². The molecule has 29 heavy (non-hydrogen) atoms. The maximum absolute atomic E-state index is 12.2. The Balaban J connectivity index is 1.82. The van der Waals surface area contributed by atoms with Crippen LogP contribution in [0.5, 0.6) is 0 Å². The van der Waals surface area contributed by atoms with Gasteiger partial charge in [0, 0.05) is 5.69 Å². The van der Waals surface area contributed by atoms with Crippen LogP contribution >= 0.6 is 0 Å². The van der Waals surface area contributed by atoms with Crippen molar-refractivity contribution in [2.75, 3.05) is 25.1 Å². The number of nitrogens with zero attached hydrogens (tertiary/aromatic N) is 1. The predicted molar refractivity (Wildman–Crippen MR) is 101 cm³/mol. The number of rotatable bonds is 8. The number of carbonyl (C=O) groups is 5. The second-order valence-electron chi connectivity index (χ2n) is 6.51. The van der Waals surface area contributed by atoms with E-state index in [-0.39, 0.29) is 6.61 Å². The molecule has 1 aromatic rings. The Kier molecular flexibility index (Phi) is 6.92. The highest BCUT2D eigenvalue weighted by Gasteiger charge is 2.47. The van der Waals surface area contributed by atoms with E-state index in [0.29, 0.717) is 17.7 Å². The van der Waals surface area contributed by atoms with Gasteiger partial charge < -0.3 is 20.1 Å². The van der Waals surface area contributed by atoms with E-state index in [1.54, 1.807) is 20.8 Å². The molecule has 10 nitrogen and oxygen atoms in total. The average Bonchev–Trinajstić information content (AvgIpc) is 2.91. The number of urea groups is 1. The lowest BCUT2D eigenvalue weighted by molar-refractivity contribution is -0.150. The van der Waals surface area contributed by atoms with Crippen LogP contribution in [-0.2, 0) is 23.9 Å². The summed E-state index contributed by atoms with van der Waals surface area (Å²) in [5.41, 5.74) is -0.319. The van der Waals surface area contributed by atoms with Crippen molar-refractivity contribution in [2.45, 2.75) is 32.7 Å². The monoisotopic (exact) mass is 405 g/mol. The lowest BCUT2D eigenvalue weighted by Gasteiger charge is -2.18. The van der Waals surface area contributed by atoms with Crippen LogP contribution in [0.2, 0.25) is 0 Å². The topological polar surface area (TPSA) is 131 Å². The number of carbonyl (C=O) groups excluding carboxylic acids is 5. The summed E-state index contributed by atoms with van der Waals surface area (Å²) in [7, 11) is 0. The summed E-state index contributed by atoms with van der Waals surface area (Å²) in [5, 5.41) is 5.02. The number of benzene rings is 1. The fraction of sp³-hybridized carbons (Fsp3) is 0.421. The number of esters is 2. The summed E-state index contributed by atoms with van der Waals surface area (Å²) in [6, 6.07) is 5.31. The predicted octanol–water partition coefficient (Wildman–Crippen LogP) is 1.07. The van der Waals surface area contributed by atoms with E-state index in [4.69, 9.17) is 9.47 Å². The fourth-order valence-corrected chi connectivity index (χ4v) is 2.55. The molecule has 0 radical (unpaired) electrons. The molecule has 2 N–H and O–H groups in total. The molecular formula is C19H23N3O7. The SMILES string of the molecule is CCOC(=O)c1ccc(NC(=O)COC(=O)CN2C(=O)N[C@@](C)(CC)C2=O)cc1. The zero-order valence-corrected chi connectivity index (χ0v) is 16.4. The number of hydrogen-bond acceptors (Lipinski definition) is 7. The van der Waals surface area contributed by atoms with Gasteiger partial charge in [0.25, 0.3) is 11.8 Å². The lowest BCUT2D eigenvalue weighted by atomic mass is 9.99. The summed E-state index contributed by atoms with van der Waals surface area (Å²) in [4.78, 5) is 60.2. The van der Waals surface area contributed by atoms with Crippen LogP contribution in [0.4, 0.5) is 10.5 Å². The van der Waals surface area contributed by atoms with Crippen LogP contribution in [0.3, 0.4) is 0 Å². The lowest BCUT2D eigenvalue weighted by Crippen LogP contribution is -2.43. The van der Waals surface area contributed by atoms with Crippen molar-refractivity contribution in [1.82, 2.24) is 10.2 Å². The van der Waals surface area contributed by atoms with Gasteiger partial charge in [0.2, 0.25) is 0 Å². The molecule has 156 valence electrons. The first-order chi connectivity index (χ1) is 13.7. The van der Waals surface area contributed by atoms with Crippen LogP contribution in [0.15, 0.2) is 24.3 Å². The van der Waals surface area contributed by atoms with Crippen LogP contribution in [0.25, 0.3) is 0 Å². The zero-order chi connectivity index (χ0) is 21.6. The highest BCUT2D eigenvalue weighted by Crippen LogP contribution is 2.20. The normalized spacial score (nSPS) is 18.2. The Morgan fingerprint density at radius 1 is 1.10 bits per heavy atom. The number of ether oxygens (including phenoxy) is 2. The summed E-state index contributed by atoms with van der Waals surface area (Å²) in [5.74, 6) is -2.49. The quantitative estimate of drug-likeness (QED) is 0.488. The molecule has 2 rings (SSSR count). The molecule has 1 saturated heterocycles. The van der Waals surface area contributed by atoms with Crippen LogP contribution in [0, 0.1) is 0 Å². The van der Waals surface area contributed by atoms with E-state index >= 15 is 0 Å². The molecule has 1 fully saturated rings. The molecular weight excluding hydrogens is 382 g/mol. The van der Waals surface area contributed by atoms with Crippen LogP contribution in [-0.4, -0.2) is 60.0 Å². The van der Waals surface area contributed by atoms with Crippen molar-refractivity contribution in [3.05, 3.63) is 29.8 Å². The molecule has 0 bridgehead atoms. The maximum atomic E-state index is 12.2. The van der Waals surface area contributed by atoms with Crippen molar-refractivity contribution in [1.29, 1.82) is 0 Å². The summed E-state index contributed by atoms with van der Waals surface area (Å²) < 4.78 is 9.69. The third kappa shape index (κ3) is 5.31. The highest BCUT2D eigenvalue weighted by molar-refractivity contribution is 6.08. The van der Waals surface area contributed by atoms with E-state index in [0.717, 1.165) is 4.90 Å². The van der Waals surface area contributed by atoms with E-state index in [1.807, 2.05) is 0 Å². The molecule has 1 atom stereocenters. The van der Waals surface area contributed by atoms with Gasteiger partial charge in [-0.05, 0) is 44.5 Å². The Morgan fingerprint density at radius 3 is 2.31 bits per heavy atom. The van der Waals surface area contributed by atoms with Crippen molar-refractivity contribution < 1.29 is 33.4 Å². The molecule has 4 amide bonds. The minimum atomic E-state index is -1.05. The minimum absolute atomic E-state index is 0.255. The highest BCUT2D eigenvalue weighted by atomic mass is 16.5. The molecule has 0 spiro atoms. The zero-order valence-electron chi connectivity index (χ0n) is 16.4. The molecule has 1 aliphatic rings. The number of nitrogens with one attached hydrogen (secondary N) is 2. The van der Waals surface area contributed by atoms with Gasteiger partial charge in [0.05, 0.1) is 12.2 Å². The second-order valence-corrected chi connectivity index (χ2v) is 6.51. The first kappa shape index (κ1) is 21.9. The third-order valence-corrected chi connectivity index (χ3v) is 4.38. The first-order valence-electron chi connectivity index (χ1n) is 9.07. The number of imide groups is 1. The third-order valence-electron chi connectivity index (χ3n) is 4.38. The average molecular weight is 405 g/mol. The molecule has 0 saturated carbocycles. The standard InChI is InChI=1S/C19H23N3O7/c1-4-19(3)17(26)22(18(27)21-19)10-15(24)29-11-14(23)20-13-8-6-12(7-9-13)16(25)28-5-2/h6-9H,4-5,10-11H2,1-3H3,(H,20,23)(H,21,27)/t19-/m0/s1. The van der Waals surface area contributed by atoms with Gasteiger partial charge in [-0.2, -0.15) is 0 Å². The van der Waals surface area contributed by atoms with Crippen molar-refractivity contribution in [3.63, 3.8) is 0 Å². The van der Waals surface area contributed by atoms with E-state index in [9.17, 15) is 24.0 Å². The van der Waals surface area contributed by atoms with E-state index < -0.39 is 48.5 Å². The van der Waals surface area contributed by atoms with Crippen LogP contribution < -0.4 is 10.6 Å². The smallest absolute Gasteiger partial charge is 0.338 e. The molecule has 0 unspecified atom stereocenters. The Hall–Kier alpha value is -3.43. The molecule has 0 aliphatic carbocycles. The first-order valence-corrected chi connectivity index (χ1v) is 9.07. The van der Waals surface area contributed by atoms with Gasteiger partial charge in [0.1, 0.15) is 12.1 Å². The maximum Gasteiger partial charge on any atom is 0.338 e. The Bertz CT molecular complexity index is 822. The van der Waals surface area contributed by atoms with Gasteiger partial charge in [-0.3, -0.25) is 19.3 Å². The van der Waals surface area contributed by atoms with Gasteiger partial charge in [-0.15, -0.1) is 0 Å². The van der Waals surface area contributed by atoms with Crippen molar-refractivity contribution in [2.24, 2.45) is 0 Å². The van der Waals surface area contributed by atoms with E-state index in [1.165, 1.54) is 24.3 Å². The largest absolute Gasteiger partial charge is 0.462 e. The Morgan fingerprint density at radius 2 is 1.76 bits per heavy atom. The molecule has 10 heteroatoms. The van der Waals surface area contributed by atoms with Gasteiger partial charge >= 0.3 is 18.0 Å². The summed E-state index contributed by atoms with van der Waals surface area (Å²) in [6.45, 7) is 4.09. The molecule has 1 aliphatic heterocycles. The fourth-order valence-electron chi connectivity index (χ4n) is 2.55. The number of anilines is 1. The Labute approximate surface area is 167 Å².